The maximum absolute atomic E-state index is 13.0. The molecule has 2 atom stereocenters. The normalized spacial score (nSPS) is 15.4. The number of aliphatic hydroxyl groups excluding tert-OH is 1. The maximum atomic E-state index is 13.0. The third-order valence-corrected chi connectivity index (χ3v) is 3.60. The maximum Gasteiger partial charge on any atom is 0.172 e. The standard InChI is InChI=1S/C9H8.C7H13F3.C2H6.CH4O/c1-2-5-9-7-3-6-8(9)4-1;1-5(8)7(4,10)6(2,3)9;2*1-2/h1-6H,7H2;5H,1-4H3;1-2H3;2H,1H3. The Morgan fingerprint density at radius 2 is 1.52 bits per heavy atom. The van der Waals surface area contributed by atoms with Crippen molar-refractivity contribution in [1.29, 1.82) is 0 Å². The molecule has 1 aromatic carbocycles. The Balaban J connectivity index is 0. The first-order valence-corrected chi connectivity index (χ1v) is 7.87. The van der Waals surface area contributed by atoms with Crippen molar-refractivity contribution < 1.29 is 18.3 Å². The Labute approximate surface area is 139 Å². The fourth-order valence-electron chi connectivity index (χ4n) is 1.67. The molecule has 1 N–H and O–H groups in total. The minimum absolute atomic E-state index is 0.928. The quantitative estimate of drug-likeness (QED) is 0.735. The molecule has 1 aliphatic carbocycles. The van der Waals surface area contributed by atoms with Crippen LogP contribution in [0.3, 0.4) is 0 Å². The number of hydrogen-bond donors (Lipinski definition) is 1. The van der Waals surface area contributed by atoms with Gasteiger partial charge in [0.05, 0.1) is 0 Å². The first-order valence-electron chi connectivity index (χ1n) is 7.87. The third kappa shape index (κ3) is 7.69. The van der Waals surface area contributed by atoms with Crippen LogP contribution in [-0.2, 0) is 6.42 Å². The van der Waals surface area contributed by atoms with E-state index in [1.807, 2.05) is 13.8 Å². The fraction of sp³-hybridized carbons (Fsp3) is 0.579. The van der Waals surface area contributed by atoms with Gasteiger partial charge in [-0.15, -0.1) is 0 Å². The van der Waals surface area contributed by atoms with Crippen molar-refractivity contribution in [2.45, 2.75) is 65.5 Å². The second kappa shape index (κ2) is 11.3. The number of allylic oxidation sites excluding steroid dienone is 1. The summed E-state index contributed by atoms with van der Waals surface area (Å²) in [5, 5.41) is 7.00. The molecule has 0 aromatic heterocycles. The lowest BCUT2D eigenvalue weighted by Crippen LogP contribution is -2.46. The number of halogens is 3. The highest BCUT2D eigenvalue weighted by Gasteiger charge is 2.47. The van der Waals surface area contributed by atoms with Gasteiger partial charge in [-0.3, -0.25) is 0 Å². The molecule has 1 aliphatic rings. The zero-order chi connectivity index (χ0) is 18.7. The van der Waals surface area contributed by atoms with Crippen LogP contribution in [0.1, 0.15) is 52.7 Å². The summed E-state index contributed by atoms with van der Waals surface area (Å²) in [7, 11) is 1.00. The summed E-state index contributed by atoms with van der Waals surface area (Å²) in [6, 6.07) is 8.49. The number of fused-ring (bicyclic) bond motifs is 1. The largest absolute Gasteiger partial charge is 0.400 e. The lowest BCUT2D eigenvalue weighted by Gasteiger charge is -2.31. The SMILES string of the molecule is C1=Cc2ccccc2C1.CC.CC(F)C(C)(F)C(C)(C)F.CO. The molecule has 2 rings (SSSR count). The van der Waals surface area contributed by atoms with E-state index in [4.69, 9.17) is 5.11 Å². The van der Waals surface area contributed by atoms with E-state index in [0.717, 1.165) is 41.2 Å². The molecule has 4 heteroatoms. The highest BCUT2D eigenvalue weighted by atomic mass is 19.2. The molecule has 0 fully saturated rings. The molecule has 0 saturated carbocycles. The van der Waals surface area contributed by atoms with Crippen LogP contribution in [0, 0.1) is 0 Å². The van der Waals surface area contributed by atoms with Crippen molar-refractivity contribution >= 4 is 6.08 Å². The van der Waals surface area contributed by atoms with Crippen LogP contribution >= 0.6 is 0 Å². The number of rotatable bonds is 2. The first-order chi connectivity index (χ1) is 10.7. The van der Waals surface area contributed by atoms with Gasteiger partial charge in [0.1, 0.15) is 11.8 Å². The van der Waals surface area contributed by atoms with Gasteiger partial charge in [-0.05, 0) is 45.2 Å². The van der Waals surface area contributed by atoms with Crippen molar-refractivity contribution in [3.05, 3.63) is 41.5 Å². The van der Waals surface area contributed by atoms with Gasteiger partial charge in [0.2, 0.25) is 0 Å². The minimum Gasteiger partial charge on any atom is -0.400 e. The zero-order valence-electron chi connectivity index (χ0n) is 15.3. The Kier molecular flexibility index (Phi) is 11.8. The van der Waals surface area contributed by atoms with Crippen LogP contribution in [0.5, 0.6) is 0 Å². The molecule has 0 spiro atoms. The van der Waals surface area contributed by atoms with Gasteiger partial charge in [0.25, 0.3) is 0 Å². The number of alkyl halides is 3. The summed E-state index contributed by atoms with van der Waals surface area (Å²) >= 11 is 0. The third-order valence-electron chi connectivity index (χ3n) is 3.60. The van der Waals surface area contributed by atoms with Gasteiger partial charge >= 0.3 is 0 Å². The van der Waals surface area contributed by atoms with Gasteiger partial charge < -0.3 is 5.11 Å². The van der Waals surface area contributed by atoms with Crippen LogP contribution in [0.2, 0.25) is 0 Å². The average Bonchev–Trinajstić information content (AvgIpc) is 2.99. The van der Waals surface area contributed by atoms with Crippen molar-refractivity contribution in [3.63, 3.8) is 0 Å². The molecule has 134 valence electrons. The van der Waals surface area contributed by atoms with Crippen LogP contribution in [-0.4, -0.2) is 29.7 Å². The smallest absolute Gasteiger partial charge is 0.172 e. The van der Waals surface area contributed by atoms with Gasteiger partial charge in [0, 0.05) is 7.11 Å². The number of aliphatic hydroxyl groups is 1. The van der Waals surface area contributed by atoms with Crippen molar-refractivity contribution in [2.75, 3.05) is 7.11 Å². The Morgan fingerprint density at radius 3 is 1.87 bits per heavy atom. The molecule has 1 aromatic rings. The zero-order valence-corrected chi connectivity index (χ0v) is 15.3. The summed E-state index contributed by atoms with van der Waals surface area (Å²) in [5.41, 5.74) is -1.68. The summed E-state index contributed by atoms with van der Waals surface area (Å²) in [6.07, 6.45) is 3.71. The van der Waals surface area contributed by atoms with E-state index in [1.54, 1.807) is 0 Å². The Hall–Kier alpha value is -1.29. The van der Waals surface area contributed by atoms with Gasteiger partial charge in [-0.2, -0.15) is 0 Å². The second-order valence-corrected chi connectivity index (χ2v) is 5.47. The van der Waals surface area contributed by atoms with Crippen LogP contribution in [0.25, 0.3) is 6.08 Å². The van der Waals surface area contributed by atoms with E-state index in [0.29, 0.717) is 0 Å². The predicted octanol–water partition coefficient (Wildman–Crippen LogP) is 5.71. The first kappa shape index (κ1) is 24.0. The van der Waals surface area contributed by atoms with Gasteiger partial charge in [-0.25, -0.2) is 13.2 Å². The van der Waals surface area contributed by atoms with Crippen LogP contribution in [0.4, 0.5) is 13.2 Å². The molecule has 0 radical (unpaired) electrons. The molecule has 0 saturated heterocycles. The minimum atomic E-state index is -2.40. The van der Waals surface area contributed by atoms with Gasteiger partial charge in [-0.1, -0.05) is 50.3 Å². The monoisotopic (exact) mass is 332 g/mol. The number of benzene rings is 1. The molecule has 0 aliphatic heterocycles. The van der Waals surface area contributed by atoms with E-state index >= 15 is 0 Å². The Bertz CT molecular complexity index is 446. The van der Waals surface area contributed by atoms with Crippen LogP contribution < -0.4 is 0 Å². The molecule has 1 nitrogen and oxygen atoms in total. The summed E-state index contributed by atoms with van der Waals surface area (Å²) in [4.78, 5) is 0. The van der Waals surface area contributed by atoms with E-state index in [-0.39, 0.29) is 0 Å². The highest BCUT2D eigenvalue weighted by molar-refractivity contribution is 5.59. The lowest BCUT2D eigenvalue weighted by molar-refractivity contribution is -0.0515. The number of hydrogen-bond acceptors (Lipinski definition) is 1. The lowest BCUT2D eigenvalue weighted by atomic mass is 9.88. The summed E-state index contributed by atoms with van der Waals surface area (Å²) < 4.78 is 38.1. The van der Waals surface area contributed by atoms with E-state index in [2.05, 4.69) is 36.4 Å². The summed E-state index contributed by atoms with van der Waals surface area (Å²) in [5.74, 6) is 0. The highest BCUT2D eigenvalue weighted by Crippen LogP contribution is 2.34. The summed E-state index contributed by atoms with van der Waals surface area (Å²) in [6.45, 7) is 8.01. The average molecular weight is 332 g/mol. The molecule has 23 heavy (non-hydrogen) atoms. The Morgan fingerprint density at radius 1 is 1.04 bits per heavy atom. The van der Waals surface area contributed by atoms with Crippen molar-refractivity contribution in [1.82, 2.24) is 0 Å². The van der Waals surface area contributed by atoms with E-state index < -0.39 is 17.5 Å². The topological polar surface area (TPSA) is 20.2 Å². The fourth-order valence-corrected chi connectivity index (χ4v) is 1.67. The van der Waals surface area contributed by atoms with Crippen molar-refractivity contribution in [2.24, 2.45) is 0 Å². The molecule has 0 bridgehead atoms. The second-order valence-electron chi connectivity index (χ2n) is 5.47. The molecule has 0 heterocycles. The van der Waals surface area contributed by atoms with Crippen LogP contribution in [0.15, 0.2) is 30.3 Å². The van der Waals surface area contributed by atoms with Crippen molar-refractivity contribution in [3.8, 4) is 0 Å². The van der Waals surface area contributed by atoms with E-state index in [1.165, 1.54) is 11.1 Å². The molecular weight excluding hydrogens is 301 g/mol. The van der Waals surface area contributed by atoms with E-state index in [9.17, 15) is 13.2 Å². The predicted molar refractivity (Wildman–Crippen MR) is 93.9 cm³/mol. The molecule has 2 unspecified atom stereocenters. The van der Waals surface area contributed by atoms with Gasteiger partial charge in [0.15, 0.2) is 5.67 Å². The molecular formula is C19H31F3O. The molecule has 0 amide bonds.